The summed E-state index contributed by atoms with van der Waals surface area (Å²) in [6, 6.07) is 16.1. The van der Waals surface area contributed by atoms with Crippen LogP contribution in [0.1, 0.15) is 150 Å². The molecule has 6 aliphatic carbocycles. The molecule has 20 atom stereocenters. The molecule has 2 heterocycles. The number of ether oxygens (including phenoxy) is 11. The number of fused-ring (bicyclic) bond motifs is 10. The van der Waals surface area contributed by atoms with Crippen molar-refractivity contribution < 1.29 is 121 Å². The summed E-state index contributed by atoms with van der Waals surface area (Å²) in [6.07, 6.45) is -16.7. The molecule has 10 rings (SSSR count). The lowest BCUT2D eigenvalue weighted by atomic mass is 9.44. The van der Waals surface area contributed by atoms with Crippen LogP contribution in [0.4, 0.5) is 0 Å². The van der Waals surface area contributed by atoms with Crippen molar-refractivity contribution in [3.05, 3.63) is 94.1 Å². The van der Waals surface area contributed by atoms with E-state index >= 15 is 0 Å². The van der Waals surface area contributed by atoms with Gasteiger partial charge in [-0.05, 0) is 60.4 Å². The van der Waals surface area contributed by atoms with Crippen LogP contribution in [0.2, 0.25) is 0 Å². The Morgan fingerprint density at radius 3 is 1.13 bits per heavy atom. The fraction of sp³-hybridized carbons (Fsp3) is 0.632. The van der Waals surface area contributed by atoms with Gasteiger partial charge in [-0.2, -0.15) is 0 Å². The first-order valence-corrected chi connectivity index (χ1v) is 31.1. The van der Waals surface area contributed by atoms with E-state index in [2.05, 4.69) is 0 Å². The van der Waals surface area contributed by atoms with Crippen LogP contribution >= 0.6 is 0 Å². The normalized spacial score (nSPS) is 38.9. The molecule has 8 aliphatic rings. The Hall–Kier alpha value is -7.13. The van der Waals surface area contributed by atoms with Crippen LogP contribution in [0.3, 0.4) is 0 Å². The Labute approximate surface area is 538 Å². The fourth-order valence-electron chi connectivity index (χ4n) is 17.3. The summed E-state index contributed by atoms with van der Waals surface area (Å²) < 4.78 is 65.5. The molecule has 2 aliphatic heterocycles. The average Bonchev–Trinajstić information content (AvgIpc) is 0.676. The standard InChI is InChI=1S/C35H44O13.C33H42O12/c1-17-23(44-18(2)36)15-35(42)30(47-31(41)22-12-10-9-11-13-22)28-33(8,29(40)27(46-20(4)38)26(17)32(35,6)7)24(45-19(3)37)14-25-34(28,16-43-25)48-21(5)39;1-16-21(42-17(2)34)14-33(40)28(44-29(39)20-11-9-8-10-12-20)26-31(7,22(37)13-23-32(26,15-41-23)45-19(4)36)27(38)25(43-18(3)35)24(16)30(33,5)6/h9-13,23-25,27-30,40,42H,14-16H2,1-8H3;8-12,21-23,25-28,37-38,40H,13-15H2,1-7H3/t23-,24-,25+,27+,28-,29-,30-,33+,34-,35+;21-,22-,23+,25+,26-,27-,28-,31+,32-,33+/m00/s1. The molecule has 0 radical (unpaired) electrons. The van der Waals surface area contributed by atoms with Gasteiger partial charge in [0.05, 0.1) is 42.3 Å². The average molecular weight is 1300 g/mol. The number of benzene rings is 2. The minimum Gasteiger partial charge on any atom is -0.462 e. The monoisotopic (exact) mass is 1300 g/mol. The molecule has 508 valence electrons. The van der Waals surface area contributed by atoms with E-state index < -0.39 is 183 Å². The summed E-state index contributed by atoms with van der Waals surface area (Å²) in [7, 11) is 0. The zero-order valence-electron chi connectivity index (χ0n) is 55.0. The van der Waals surface area contributed by atoms with Crippen LogP contribution < -0.4 is 0 Å². The Morgan fingerprint density at radius 1 is 0.452 bits per heavy atom. The summed E-state index contributed by atoms with van der Waals surface area (Å²) in [5, 5.41) is 63.4. The summed E-state index contributed by atoms with van der Waals surface area (Å²) >= 11 is 0. The lowest BCUT2D eigenvalue weighted by Crippen LogP contribution is -2.82. The molecule has 2 saturated heterocycles. The molecular weight excluding hydrogens is 1220 g/mol. The second-order valence-corrected chi connectivity index (χ2v) is 27.7. The number of aliphatic hydroxyl groups is 5. The first-order valence-electron chi connectivity index (χ1n) is 31.1. The first-order chi connectivity index (χ1) is 43.2. The Morgan fingerprint density at radius 2 is 0.796 bits per heavy atom. The molecule has 93 heavy (non-hydrogen) atoms. The van der Waals surface area contributed by atoms with Gasteiger partial charge < -0.3 is 77.6 Å². The quantitative estimate of drug-likeness (QED) is 0.117. The topological polar surface area (TPSA) is 356 Å². The zero-order chi connectivity index (χ0) is 68.8. The molecule has 0 amide bonds. The molecule has 25 heteroatoms. The Kier molecular flexibility index (Phi) is 18.8. The van der Waals surface area contributed by atoms with Gasteiger partial charge in [-0.25, -0.2) is 9.59 Å². The summed E-state index contributed by atoms with van der Waals surface area (Å²) in [5.74, 6) is -9.21. The number of esters is 9. The van der Waals surface area contributed by atoms with Gasteiger partial charge in [0, 0.05) is 95.8 Å². The molecule has 0 aromatic heterocycles. The Bertz CT molecular complexity index is 3390. The van der Waals surface area contributed by atoms with Gasteiger partial charge in [-0.3, -0.25) is 33.6 Å². The molecule has 4 bridgehead atoms. The minimum atomic E-state index is -2.15. The highest BCUT2D eigenvalue weighted by atomic mass is 16.7. The van der Waals surface area contributed by atoms with Gasteiger partial charge in [0.15, 0.2) is 23.4 Å². The summed E-state index contributed by atoms with van der Waals surface area (Å²) in [5.41, 5.74) is -12.1. The molecule has 25 nitrogen and oxygen atoms in total. The largest absolute Gasteiger partial charge is 0.462 e. The third-order valence-corrected chi connectivity index (χ3v) is 21.7. The van der Waals surface area contributed by atoms with Crippen LogP contribution in [-0.2, 0) is 85.7 Å². The maximum atomic E-state index is 14.0. The van der Waals surface area contributed by atoms with Crippen molar-refractivity contribution in [1.82, 2.24) is 0 Å². The first kappa shape index (κ1) is 70.2. The molecule has 0 spiro atoms. The van der Waals surface area contributed by atoms with Crippen molar-refractivity contribution in [2.24, 2.45) is 33.5 Å². The number of aliphatic hydroxyl groups excluding tert-OH is 3. The third kappa shape index (κ3) is 11.3. The van der Waals surface area contributed by atoms with Crippen molar-refractivity contribution in [2.45, 2.75) is 225 Å². The summed E-state index contributed by atoms with van der Waals surface area (Å²) in [4.78, 5) is 116. The van der Waals surface area contributed by atoms with Crippen LogP contribution in [0.25, 0.3) is 0 Å². The molecule has 5 N–H and O–H groups in total. The van der Waals surface area contributed by atoms with E-state index in [1.165, 1.54) is 65.8 Å². The lowest BCUT2D eigenvalue weighted by Gasteiger charge is -2.69. The number of hydrogen-bond acceptors (Lipinski definition) is 25. The van der Waals surface area contributed by atoms with Crippen molar-refractivity contribution in [3.63, 3.8) is 0 Å². The predicted octanol–water partition coefficient (Wildman–Crippen LogP) is 4.60. The van der Waals surface area contributed by atoms with E-state index in [-0.39, 0.29) is 61.2 Å². The molecular formula is C68H86O25. The van der Waals surface area contributed by atoms with E-state index in [4.69, 9.17) is 52.1 Å². The number of rotatable bonds is 11. The molecule has 2 aromatic carbocycles. The highest BCUT2D eigenvalue weighted by Gasteiger charge is 2.81. The highest BCUT2D eigenvalue weighted by Crippen LogP contribution is 2.68. The van der Waals surface area contributed by atoms with E-state index in [0.29, 0.717) is 11.1 Å². The zero-order valence-corrected chi connectivity index (χ0v) is 55.0. The van der Waals surface area contributed by atoms with E-state index in [1.54, 1.807) is 91.8 Å². The predicted molar refractivity (Wildman–Crippen MR) is 320 cm³/mol. The molecule has 6 fully saturated rings. The number of carbonyl (C=O) groups is 9. The van der Waals surface area contributed by atoms with Crippen molar-refractivity contribution in [1.29, 1.82) is 0 Å². The third-order valence-electron chi connectivity index (χ3n) is 21.7. The second kappa shape index (κ2) is 24.9. The Balaban J connectivity index is 0.000000220. The van der Waals surface area contributed by atoms with E-state index in [1.807, 2.05) is 0 Å². The second-order valence-electron chi connectivity index (χ2n) is 27.7. The number of carbonyl (C=O) groups excluding carboxylic acids is 9. The van der Waals surface area contributed by atoms with Crippen molar-refractivity contribution >= 4 is 53.7 Å². The van der Waals surface area contributed by atoms with Gasteiger partial charge in [-0.15, -0.1) is 0 Å². The molecule has 4 saturated carbocycles. The van der Waals surface area contributed by atoms with Gasteiger partial charge in [0.25, 0.3) is 0 Å². The molecule has 2 aromatic rings. The SMILES string of the molecule is CC(=O)O[C@H]1C[C@@]2(O)[C@@H](OC(=O)c3ccccc3)[C@@H]3[C@]4(OC(C)=O)CO[C@@H]4C[C@H](O)[C@@]3(C)[C@@H](O)[C@H](OC(C)=O)C(=C1C)C2(C)C.CC(=O)O[C@H]1C[C@@]2(O)[C@@H](OC(=O)c3ccccc3)[C@@H]3[C@]4(OC(C)=O)CO[C@@H]4C[C@H](OC(C)=O)[C@@]3(C)[C@@H](O)[C@H](OC(C)=O)C(=C1C)C2(C)C. The van der Waals surface area contributed by atoms with Gasteiger partial charge in [-0.1, -0.05) is 77.9 Å². The van der Waals surface area contributed by atoms with E-state index in [9.17, 15) is 68.7 Å². The van der Waals surface area contributed by atoms with Gasteiger partial charge in [0.2, 0.25) is 0 Å². The van der Waals surface area contributed by atoms with Crippen LogP contribution in [-0.4, -0.2) is 188 Å². The van der Waals surface area contributed by atoms with E-state index in [0.717, 1.165) is 6.92 Å². The van der Waals surface area contributed by atoms with Crippen LogP contribution in [0.15, 0.2) is 83.0 Å². The molecule has 0 unspecified atom stereocenters. The van der Waals surface area contributed by atoms with Crippen molar-refractivity contribution in [3.8, 4) is 0 Å². The van der Waals surface area contributed by atoms with Gasteiger partial charge >= 0.3 is 53.7 Å². The van der Waals surface area contributed by atoms with Crippen LogP contribution in [0, 0.1) is 33.5 Å². The lowest BCUT2D eigenvalue weighted by molar-refractivity contribution is -0.365. The summed E-state index contributed by atoms with van der Waals surface area (Å²) in [6.45, 7) is 21.0. The fourth-order valence-corrected chi connectivity index (χ4v) is 17.3. The van der Waals surface area contributed by atoms with Crippen molar-refractivity contribution in [2.75, 3.05) is 13.2 Å². The van der Waals surface area contributed by atoms with Crippen LogP contribution in [0.5, 0.6) is 0 Å². The highest BCUT2D eigenvalue weighted by molar-refractivity contribution is 5.90. The number of hydrogen-bond donors (Lipinski definition) is 5. The maximum Gasteiger partial charge on any atom is 0.338 e. The van der Waals surface area contributed by atoms with Gasteiger partial charge in [0.1, 0.15) is 66.1 Å². The smallest absolute Gasteiger partial charge is 0.338 e. The minimum absolute atomic E-state index is 0.0427. The maximum absolute atomic E-state index is 14.0.